The van der Waals surface area contributed by atoms with Crippen LogP contribution in [0.1, 0.15) is 42.2 Å². The number of aromatic nitrogens is 1. The summed E-state index contributed by atoms with van der Waals surface area (Å²) in [4.78, 5) is 21.3. The van der Waals surface area contributed by atoms with Crippen molar-refractivity contribution in [2.45, 2.75) is 31.8 Å². The van der Waals surface area contributed by atoms with Crippen molar-refractivity contribution >= 4 is 11.6 Å². The van der Waals surface area contributed by atoms with Gasteiger partial charge < -0.3 is 19.0 Å². The molecule has 1 unspecified atom stereocenters. The third kappa shape index (κ3) is 2.88. The van der Waals surface area contributed by atoms with Crippen molar-refractivity contribution in [1.29, 1.82) is 0 Å². The summed E-state index contributed by atoms with van der Waals surface area (Å²) in [7, 11) is 0. The van der Waals surface area contributed by atoms with E-state index in [0.717, 1.165) is 37.6 Å². The number of rotatable bonds is 4. The summed E-state index contributed by atoms with van der Waals surface area (Å²) in [5.74, 6) is 1.54. The number of amides is 1. The van der Waals surface area contributed by atoms with Gasteiger partial charge in [0, 0.05) is 31.7 Å². The first-order chi connectivity index (χ1) is 12.8. The third-order valence-electron chi connectivity index (χ3n) is 5.65. The topological polar surface area (TPSA) is 58.8 Å². The van der Waals surface area contributed by atoms with Crippen molar-refractivity contribution in [3.63, 3.8) is 0 Å². The normalized spacial score (nSPS) is 22.5. The Morgan fingerprint density at radius 1 is 1.23 bits per heavy atom. The Morgan fingerprint density at radius 2 is 2.08 bits per heavy atom. The molecule has 2 aliphatic heterocycles. The van der Waals surface area contributed by atoms with Crippen LogP contribution in [0.15, 0.2) is 35.2 Å². The standard InChI is InChI=1S/C20H23N3O3/c24-19(9-14-1-2-14)23-12-15-10-16(22-5-7-25-8-6-22)3-4-17(15)20(23)18-11-21-13-26-18/h3-4,10-11,13-14,20H,1-2,5-9,12H2. The average Bonchev–Trinajstić information content (AvgIpc) is 3.19. The number of morpholine rings is 1. The summed E-state index contributed by atoms with van der Waals surface area (Å²) in [6.07, 6.45) is 6.18. The number of carbonyl (C=O) groups excluding carboxylic acids is 1. The number of carbonyl (C=O) groups is 1. The number of hydrogen-bond donors (Lipinski definition) is 0. The summed E-state index contributed by atoms with van der Waals surface area (Å²) in [6, 6.07) is 6.38. The van der Waals surface area contributed by atoms with Gasteiger partial charge in [0.1, 0.15) is 6.04 Å². The van der Waals surface area contributed by atoms with Crippen LogP contribution >= 0.6 is 0 Å². The Morgan fingerprint density at radius 3 is 2.81 bits per heavy atom. The molecule has 6 heteroatoms. The quantitative estimate of drug-likeness (QED) is 0.846. The van der Waals surface area contributed by atoms with Crippen molar-refractivity contribution in [2.75, 3.05) is 31.2 Å². The van der Waals surface area contributed by atoms with Gasteiger partial charge in [0.25, 0.3) is 0 Å². The lowest BCUT2D eigenvalue weighted by atomic mass is 10.0. The van der Waals surface area contributed by atoms with Crippen molar-refractivity contribution in [1.82, 2.24) is 9.88 Å². The van der Waals surface area contributed by atoms with Gasteiger partial charge in [-0.15, -0.1) is 0 Å². The predicted octanol–water partition coefficient (Wildman–Crippen LogP) is 2.74. The third-order valence-corrected chi connectivity index (χ3v) is 5.65. The molecule has 26 heavy (non-hydrogen) atoms. The highest BCUT2D eigenvalue weighted by atomic mass is 16.5. The first-order valence-electron chi connectivity index (χ1n) is 9.43. The fraction of sp³-hybridized carbons (Fsp3) is 0.500. The molecule has 1 aromatic heterocycles. The zero-order valence-electron chi connectivity index (χ0n) is 14.8. The van der Waals surface area contributed by atoms with E-state index in [2.05, 4.69) is 28.1 Å². The van der Waals surface area contributed by atoms with E-state index in [4.69, 9.17) is 9.15 Å². The molecular formula is C20H23N3O3. The number of anilines is 1. The molecule has 0 radical (unpaired) electrons. The maximum absolute atomic E-state index is 12.9. The monoisotopic (exact) mass is 353 g/mol. The predicted molar refractivity (Wildman–Crippen MR) is 95.7 cm³/mol. The van der Waals surface area contributed by atoms with Crippen LogP contribution in [0.4, 0.5) is 5.69 Å². The summed E-state index contributed by atoms with van der Waals surface area (Å²) in [5, 5.41) is 0. The molecule has 136 valence electrons. The minimum absolute atomic E-state index is 0.155. The first kappa shape index (κ1) is 15.9. The smallest absolute Gasteiger partial charge is 0.224 e. The van der Waals surface area contributed by atoms with Crippen LogP contribution in [0.2, 0.25) is 0 Å². The molecule has 1 aliphatic carbocycles. The lowest BCUT2D eigenvalue weighted by molar-refractivity contribution is -0.133. The van der Waals surface area contributed by atoms with Crippen LogP contribution < -0.4 is 4.90 Å². The van der Waals surface area contributed by atoms with E-state index >= 15 is 0 Å². The molecular weight excluding hydrogens is 330 g/mol. The minimum Gasteiger partial charge on any atom is -0.446 e. The second-order valence-electron chi connectivity index (χ2n) is 7.46. The summed E-state index contributed by atoms with van der Waals surface area (Å²) < 4.78 is 11.0. The highest BCUT2D eigenvalue weighted by Gasteiger charge is 2.38. The fourth-order valence-corrected chi connectivity index (χ4v) is 4.04. The number of oxazole rings is 1. The van der Waals surface area contributed by atoms with Crippen molar-refractivity contribution in [2.24, 2.45) is 5.92 Å². The van der Waals surface area contributed by atoms with Crippen LogP contribution in [0.25, 0.3) is 0 Å². The molecule has 5 rings (SSSR count). The molecule has 2 aromatic rings. The molecule has 3 heterocycles. The molecule has 2 fully saturated rings. The summed E-state index contributed by atoms with van der Waals surface area (Å²) in [5.41, 5.74) is 3.57. The zero-order valence-corrected chi connectivity index (χ0v) is 14.8. The maximum Gasteiger partial charge on any atom is 0.224 e. The minimum atomic E-state index is -0.155. The van der Waals surface area contributed by atoms with Gasteiger partial charge in [-0.3, -0.25) is 4.79 Å². The Hall–Kier alpha value is -2.34. The molecule has 1 aromatic carbocycles. The van der Waals surface area contributed by atoms with Crippen LogP contribution in [0.5, 0.6) is 0 Å². The molecule has 1 atom stereocenters. The van der Waals surface area contributed by atoms with E-state index < -0.39 is 0 Å². The zero-order chi connectivity index (χ0) is 17.5. The number of nitrogens with zero attached hydrogens (tertiary/aromatic N) is 3. The van der Waals surface area contributed by atoms with Crippen LogP contribution in [0.3, 0.4) is 0 Å². The van der Waals surface area contributed by atoms with Crippen molar-refractivity contribution in [3.05, 3.63) is 47.7 Å². The van der Waals surface area contributed by atoms with E-state index in [1.54, 1.807) is 6.20 Å². The Labute approximate surface area is 152 Å². The number of ether oxygens (including phenoxy) is 1. The summed E-state index contributed by atoms with van der Waals surface area (Å²) >= 11 is 0. The largest absolute Gasteiger partial charge is 0.446 e. The van der Waals surface area contributed by atoms with E-state index in [1.807, 2.05) is 4.90 Å². The maximum atomic E-state index is 12.9. The molecule has 6 nitrogen and oxygen atoms in total. The van der Waals surface area contributed by atoms with Crippen LogP contribution in [0, 0.1) is 5.92 Å². The van der Waals surface area contributed by atoms with Gasteiger partial charge in [-0.05, 0) is 42.0 Å². The van der Waals surface area contributed by atoms with Gasteiger partial charge in [0.2, 0.25) is 5.91 Å². The lowest BCUT2D eigenvalue weighted by Crippen LogP contribution is -2.36. The number of hydrogen-bond acceptors (Lipinski definition) is 5. The van der Waals surface area contributed by atoms with E-state index in [1.165, 1.54) is 30.5 Å². The second kappa shape index (κ2) is 6.43. The average molecular weight is 353 g/mol. The van der Waals surface area contributed by atoms with E-state index in [0.29, 0.717) is 18.9 Å². The Kier molecular flexibility index (Phi) is 3.93. The van der Waals surface area contributed by atoms with Crippen LogP contribution in [-0.4, -0.2) is 42.1 Å². The second-order valence-corrected chi connectivity index (χ2v) is 7.46. The SMILES string of the molecule is O=C(CC1CC1)N1Cc2cc(N3CCOCC3)ccc2C1c1cnco1. The fourth-order valence-electron chi connectivity index (χ4n) is 4.04. The molecule has 1 saturated heterocycles. The molecule has 3 aliphatic rings. The van der Waals surface area contributed by atoms with E-state index in [9.17, 15) is 4.79 Å². The van der Waals surface area contributed by atoms with Gasteiger partial charge in [-0.2, -0.15) is 0 Å². The Balaban J connectivity index is 1.46. The van der Waals surface area contributed by atoms with Gasteiger partial charge in [-0.25, -0.2) is 4.98 Å². The van der Waals surface area contributed by atoms with Crippen LogP contribution in [-0.2, 0) is 16.1 Å². The molecule has 0 spiro atoms. The first-order valence-corrected chi connectivity index (χ1v) is 9.43. The number of fused-ring (bicyclic) bond motifs is 1. The lowest BCUT2D eigenvalue weighted by Gasteiger charge is -2.29. The Bertz CT molecular complexity index is 795. The molecule has 1 amide bonds. The molecule has 0 N–H and O–H groups in total. The molecule has 1 saturated carbocycles. The van der Waals surface area contributed by atoms with Gasteiger partial charge in [-0.1, -0.05) is 6.07 Å². The van der Waals surface area contributed by atoms with Gasteiger partial charge >= 0.3 is 0 Å². The van der Waals surface area contributed by atoms with Gasteiger partial charge in [0.15, 0.2) is 12.2 Å². The number of benzene rings is 1. The molecule has 0 bridgehead atoms. The highest BCUT2D eigenvalue weighted by molar-refractivity contribution is 5.79. The summed E-state index contributed by atoms with van der Waals surface area (Å²) in [6.45, 7) is 4.00. The van der Waals surface area contributed by atoms with E-state index in [-0.39, 0.29) is 11.9 Å². The van der Waals surface area contributed by atoms with Crippen molar-refractivity contribution < 1.29 is 13.9 Å². The van der Waals surface area contributed by atoms with Crippen molar-refractivity contribution in [3.8, 4) is 0 Å². The van der Waals surface area contributed by atoms with Gasteiger partial charge in [0.05, 0.1) is 19.4 Å². The highest BCUT2D eigenvalue weighted by Crippen LogP contribution is 2.42.